The molecule has 2 fully saturated rings. The molecule has 1 aromatic rings. The fraction of sp³-hybridized carbons (Fsp3) is 0.667. The summed E-state index contributed by atoms with van der Waals surface area (Å²) >= 11 is 0. The van der Waals surface area contributed by atoms with Gasteiger partial charge in [-0.25, -0.2) is 0 Å². The molecule has 0 saturated carbocycles. The number of rotatable bonds is 5. The molecule has 0 spiro atoms. The van der Waals surface area contributed by atoms with Crippen LogP contribution in [0.3, 0.4) is 0 Å². The molecule has 4 nitrogen and oxygen atoms in total. The van der Waals surface area contributed by atoms with Crippen molar-refractivity contribution >= 4 is 5.91 Å². The van der Waals surface area contributed by atoms with E-state index in [1.807, 2.05) is 19.1 Å². The summed E-state index contributed by atoms with van der Waals surface area (Å²) in [5.41, 5.74) is 1.25. The normalized spacial score (nSPS) is 22.8. The number of para-hydroxylation sites is 1. The van der Waals surface area contributed by atoms with Gasteiger partial charge in [0.1, 0.15) is 5.75 Å². The van der Waals surface area contributed by atoms with Crippen LogP contribution in [0.25, 0.3) is 0 Å². The zero-order valence-corrected chi connectivity index (χ0v) is 15.7. The van der Waals surface area contributed by atoms with Crippen molar-refractivity contribution in [2.75, 3.05) is 32.8 Å². The minimum Gasteiger partial charge on any atom is -0.494 e. The van der Waals surface area contributed by atoms with Crippen molar-refractivity contribution in [3.63, 3.8) is 0 Å². The number of likely N-dealkylation sites (tertiary alicyclic amines) is 2. The molecule has 2 aliphatic rings. The SMILES string of the molecule is CCOc1ccccc1CN1CCC(C(=O)N2CCC[C@@H](C)C2)CC1. The molecule has 25 heavy (non-hydrogen) atoms. The van der Waals surface area contributed by atoms with Gasteiger partial charge in [-0.2, -0.15) is 0 Å². The highest BCUT2D eigenvalue weighted by atomic mass is 16.5. The lowest BCUT2D eigenvalue weighted by Crippen LogP contribution is -2.45. The first-order valence-electron chi connectivity index (χ1n) is 9.89. The molecular formula is C21H32N2O2. The minimum atomic E-state index is 0.226. The topological polar surface area (TPSA) is 32.8 Å². The number of carbonyl (C=O) groups is 1. The summed E-state index contributed by atoms with van der Waals surface area (Å²) in [5.74, 6) is 2.28. The summed E-state index contributed by atoms with van der Waals surface area (Å²) in [7, 11) is 0. The third-order valence-corrected chi connectivity index (χ3v) is 5.57. The highest BCUT2D eigenvalue weighted by molar-refractivity contribution is 5.79. The van der Waals surface area contributed by atoms with Crippen LogP contribution in [-0.4, -0.2) is 48.5 Å². The molecule has 138 valence electrons. The Balaban J connectivity index is 1.51. The average Bonchev–Trinajstić information content (AvgIpc) is 2.64. The molecular weight excluding hydrogens is 312 g/mol. The first-order valence-corrected chi connectivity index (χ1v) is 9.89. The highest BCUT2D eigenvalue weighted by Gasteiger charge is 2.30. The fourth-order valence-corrected chi connectivity index (χ4v) is 4.16. The van der Waals surface area contributed by atoms with E-state index in [-0.39, 0.29) is 5.92 Å². The van der Waals surface area contributed by atoms with E-state index in [2.05, 4.69) is 28.9 Å². The maximum absolute atomic E-state index is 12.8. The molecule has 0 aromatic heterocycles. The summed E-state index contributed by atoms with van der Waals surface area (Å²) < 4.78 is 5.74. The van der Waals surface area contributed by atoms with Crippen molar-refractivity contribution in [2.24, 2.45) is 11.8 Å². The lowest BCUT2D eigenvalue weighted by atomic mass is 9.92. The lowest BCUT2D eigenvalue weighted by Gasteiger charge is -2.37. The largest absolute Gasteiger partial charge is 0.494 e. The molecule has 0 unspecified atom stereocenters. The Morgan fingerprint density at radius 1 is 1.16 bits per heavy atom. The summed E-state index contributed by atoms with van der Waals surface area (Å²) in [6, 6.07) is 8.30. The number of carbonyl (C=O) groups excluding carboxylic acids is 1. The third-order valence-electron chi connectivity index (χ3n) is 5.57. The summed E-state index contributed by atoms with van der Waals surface area (Å²) in [4.78, 5) is 17.4. The van der Waals surface area contributed by atoms with Gasteiger partial charge in [-0.15, -0.1) is 0 Å². The molecule has 0 aliphatic carbocycles. The fourth-order valence-electron chi connectivity index (χ4n) is 4.16. The van der Waals surface area contributed by atoms with E-state index in [1.54, 1.807) is 0 Å². The van der Waals surface area contributed by atoms with Crippen molar-refractivity contribution in [1.29, 1.82) is 0 Å². The Kier molecular flexibility index (Phi) is 6.35. The molecule has 2 saturated heterocycles. The smallest absolute Gasteiger partial charge is 0.225 e. The number of amides is 1. The van der Waals surface area contributed by atoms with Crippen LogP contribution >= 0.6 is 0 Å². The Morgan fingerprint density at radius 2 is 1.92 bits per heavy atom. The monoisotopic (exact) mass is 344 g/mol. The third kappa shape index (κ3) is 4.75. The van der Waals surface area contributed by atoms with Gasteiger partial charge >= 0.3 is 0 Å². The van der Waals surface area contributed by atoms with Crippen molar-refractivity contribution < 1.29 is 9.53 Å². The average molecular weight is 344 g/mol. The number of benzene rings is 1. The molecule has 2 aliphatic heterocycles. The molecule has 0 radical (unpaired) electrons. The van der Waals surface area contributed by atoms with Gasteiger partial charge in [-0.1, -0.05) is 25.1 Å². The predicted octanol–water partition coefficient (Wildman–Crippen LogP) is 3.56. The van der Waals surface area contributed by atoms with E-state index in [4.69, 9.17) is 4.74 Å². The van der Waals surface area contributed by atoms with Gasteiger partial charge in [0.05, 0.1) is 6.61 Å². The van der Waals surface area contributed by atoms with E-state index < -0.39 is 0 Å². The molecule has 1 aromatic carbocycles. The van der Waals surface area contributed by atoms with E-state index >= 15 is 0 Å². The second kappa shape index (κ2) is 8.70. The standard InChI is InChI=1S/C21H32N2O2/c1-3-25-20-9-5-4-8-19(20)16-22-13-10-18(11-14-22)21(24)23-12-6-7-17(2)15-23/h4-5,8-9,17-18H,3,6-7,10-16H2,1-2H3/t17-/m1/s1. The number of nitrogens with zero attached hydrogens (tertiary/aromatic N) is 2. The zero-order chi connectivity index (χ0) is 17.6. The second-order valence-electron chi connectivity index (χ2n) is 7.62. The molecule has 0 bridgehead atoms. The molecule has 2 heterocycles. The Labute approximate surface area is 152 Å². The van der Waals surface area contributed by atoms with E-state index in [0.717, 1.165) is 51.3 Å². The van der Waals surface area contributed by atoms with Gasteiger partial charge in [0.2, 0.25) is 5.91 Å². The van der Waals surface area contributed by atoms with Crippen LogP contribution in [0, 0.1) is 11.8 Å². The lowest BCUT2D eigenvalue weighted by molar-refractivity contribution is -0.138. The molecule has 4 heteroatoms. The van der Waals surface area contributed by atoms with Crippen LogP contribution in [0.4, 0.5) is 0 Å². The highest BCUT2D eigenvalue weighted by Crippen LogP contribution is 2.26. The van der Waals surface area contributed by atoms with Crippen LogP contribution in [0.2, 0.25) is 0 Å². The van der Waals surface area contributed by atoms with Crippen LogP contribution in [0.15, 0.2) is 24.3 Å². The first-order chi connectivity index (χ1) is 12.2. The number of hydrogen-bond acceptors (Lipinski definition) is 3. The van der Waals surface area contributed by atoms with E-state index in [1.165, 1.54) is 18.4 Å². The predicted molar refractivity (Wildman–Crippen MR) is 101 cm³/mol. The van der Waals surface area contributed by atoms with Crippen LogP contribution in [-0.2, 0) is 11.3 Å². The second-order valence-corrected chi connectivity index (χ2v) is 7.62. The number of piperidine rings is 2. The molecule has 1 amide bonds. The van der Waals surface area contributed by atoms with Gasteiger partial charge in [0, 0.05) is 31.1 Å². The van der Waals surface area contributed by atoms with E-state index in [0.29, 0.717) is 18.4 Å². The summed E-state index contributed by atoms with van der Waals surface area (Å²) in [5, 5.41) is 0. The van der Waals surface area contributed by atoms with Gasteiger partial charge in [-0.3, -0.25) is 9.69 Å². The number of ether oxygens (including phenoxy) is 1. The summed E-state index contributed by atoms with van der Waals surface area (Å²) in [6.45, 7) is 9.82. The van der Waals surface area contributed by atoms with E-state index in [9.17, 15) is 4.79 Å². The Morgan fingerprint density at radius 3 is 2.64 bits per heavy atom. The van der Waals surface area contributed by atoms with Crippen molar-refractivity contribution in [1.82, 2.24) is 9.80 Å². The van der Waals surface area contributed by atoms with Crippen molar-refractivity contribution in [3.8, 4) is 5.75 Å². The minimum absolute atomic E-state index is 0.226. The van der Waals surface area contributed by atoms with Crippen LogP contribution in [0.5, 0.6) is 5.75 Å². The van der Waals surface area contributed by atoms with Gasteiger partial charge in [0.25, 0.3) is 0 Å². The van der Waals surface area contributed by atoms with Crippen molar-refractivity contribution in [3.05, 3.63) is 29.8 Å². The first kappa shape index (κ1) is 18.2. The molecule has 1 atom stereocenters. The van der Waals surface area contributed by atoms with Gasteiger partial charge in [-0.05, 0) is 57.7 Å². The van der Waals surface area contributed by atoms with Crippen LogP contribution < -0.4 is 4.74 Å². The van der Waals surface area contributed by atoms with Crippen LogP contribution in [0.1, 0.15) is 45.1 Å². The number of hydrogen-bond donors (Lipinski definition) is 0. The Hall–Kier alpha value is -1.55. The maximum Gasteiger partial charge on any atom is 0.225 e. The maximum atomic E-state index is 12.8. The quantitative estimate of drug-likeness (QED) is 0.819. The Bertz CT molecular complexity index is 567. The molecule has 3 rings (SSSR count). The van der Waals surface area contributed by atoms with Gasteiger partial charge < -0.3 is 9.64 Å². The van der Waals surface area contributed by atoms with Gasteiger partial charge in [0.15, 0.2) is 0 Å². The zero-order valence-electron chi connectivity index (χ0n) is 15.7. The summed E-state index contributed by atoms with van der Waals surface area (Å²) in [6.07, 6.45) is 4.41. The molecule has 0 N–H and O–H groups in total. The van der Waals surface area contributed by atoms with Crippen molar-refractivity contribution in [2.45, 2.75) is 46.1 Å².